The molecule has 1 aliphatic heterocycles. The molecule has 0 fully saturated rings. The molecule has 5 rings (SSSR count). The highest BCUT2D eigenvalue weighted by Crippen LogP contribution is 2.36. The van der Waals surface area contributed by atoms with E-state index in [1.54, 1.807) is 72.8 Å². The Morgan fingerprint density at radius 2 is 1.45 bits per heavy atom. The number of para-hydroxylation sites is 2. The predicted molar refractivity (Wildman–Crippen MR) is 157 cm³/mol. The zero-order valence-electron chi connectivity index (χ0n) is 20.9. The van der Waals surface area contributed by atoms with Crippen LogP contribution in [-0.4, -0.2) is 35.4 Å². The predicted octanol–water partition coefficient (Wildman–Crippen LogP) is 4.99. The number of hydrogen-bond acceptors (Lipinski definition) is 6. The Bertz CT molecular complexity index is 1730. The van der Waals surface area contributed by atoms with Gasteiger partial charge in [0.25, 0.3) is 15.9 Å². The summed E-state index contributed by atoms with van der Waals surface area (Å²) in [7, 11) is -7.69. The van der Waals surface area contributed by atoms with Gasteiger partial charge in [-0.2, -0.15) is 0 Å². The number of rotatable bonds is 8. The molecule has 4 aromatic carbocycles. The molecule has 1 amide bonds. The number of carbonyl (C=O) groups is 1. The van der Waals surface area contributed by atoms with Gasteiger partial charge in [-0.05, 0) is 66.2 Å². The lowest BCUT2D eigenvalue weighted by atomic mass is 10.2. The molecule has 0 saturated carbocycles. The van der Waals surface area contributed by atoms with Gasteiger partial charge in [0.05, 0.1) is 22.9 Å². The van der Waals surface area contributed by atoms with Gasteiger partial charge in [-0.3, -0.25) is 13.8 Å². The van der Waals surface area contributed by atoms with Crippen LogP contribution >= 0.6 is 15.9 Å². The van der Waals surface area contributed by atoms with Gasteiger partial charge in [-0.25, -0.2) is 16.8 Å². The highest BCUT2D eigenvalue weighted by molar-refractivity contribution is 9.10. The van der Waals surface area contributed by atoms with Crippen molar-refractivity contribution in [1.29, 1.82) is 0 Å². The summed E-state index contributed by atoms with van der Waals surface area (Å²) in [6.07, 6.45) is -1.14. The van der Waals surface area contributed by atoms with Gasteiger partial charge in [0.15, 0.2) is 6.10 Å². The Hall–Kier alpha value is -3.87. The van der Waals surface area contributed by atoms with Crippen LogP contribution < -0.4 is 19.1 Å². The second kappa shape index (κ2) is 11.3. The lowest BCUT2D eigenvalue weighted by Crippen LogP contribution is -2.49. The first-order chi connectivity index (χ1) is 19.1. The maximum absolute atomic E-state index is 13.4. The van der Waals surface area contributed by atoms with Gasteiger partial charge in [0.1, 0.15) is 5.75 Å². The van der Waals surface area contributed by atoms with Gasteiger partial charge < -0.3 is 10.1 Å². The number of carbonyl (C=O) groups excluding carboxylic acids is 1. The normalized spacial score (nSPS) is 15.0. The van der Waals surface area contributed by atoms with Crippen molar-refractivity contribution in [2.75, 3.05) is 20.9 Å². The first-order valence-corrected chi connectivity index (χ1v) is 16.0. The van der Waals surface area contributed by atoms with E-state index in [2.05, 4.69) is 26.0 Å². The Morgan fingerprint density at radius 3 is 2.15 bits per heavy atom. The van der Waals surface area contributed by atoms with Crippen LogP contribution in [0, 0.1) is 0 Å². The number of benzene rings is 4. The van der Waals surface area contributed by atoms with Crippen molar-refractivity contribution in [2.24, 2.45) is 0 Å². The van der Waals surface area contributed by atoms with E-state index in [-0.39, 0.29) is 22.9 Å². The largest absolute Gasteiger partial charge is 0.476 e. The van der Waals surface area contributed by atoms with Gasteiger partial charge in [0, 0.05) is 15.8 Å². The van der Waals surface area contributed by atoms with E-state index >= 15 is 0 Å². The Kier molecular flexibility index (Phi) is 7.83. The lowest BCUT2D eigenvalue weighted by Gasteiger charge is -2.34. The second-order valence-corrected chi connectivity index (χ2v) is 13.5. The number of halogens is 1. The minimum atomic E-state index is -3.85. The van der Waals surface area contributed by atoms with Crippen LogP contribution in [0.2, 0.25) is 0 Å². The number of nitrogens with zero attached hydrogens (tertiary/aromatic N) is 1. The maximum Gasteiger partial charge on any atom is 0.267 e. The van der Waals surface area contributed by atoms with Gasteiger partial charge in [-0.1, -0.05) is 58.4 Å². The quantitative estimate of drug-likeness (QED) is 0.280. The van der Waals surface area contributed by atoms with Crippen molar-refractivity contribution < 1.29 is 26.4 Å². The fraction of sp³-hybridized carbons (Fsp3) is 0.107. The number of amides is 1. The van der Waals surface area contributed by atoms with E-state index in [9.17, 15) is 21.6 Å². The zero-order chi connectivity index (χ0) is 28.3. The van der Waals surface area contributed by atoms with Crippen molar-refractivity contribution >= 4 is 58.9 Å². The highest BCUT2D eigenvalue weighted by Gasteiger charge is 2.36. The summed E-state index contributed by atoms with van der Waals surface area (Å²) in [5.74, 6) is -0.537. The Morgan fingerprint density at radius 1 is 0.825 bits per heavy atom. The Labute approximate surface area is 241 Å². The van der Waals surface area contributed by atoms with Crippen molar-refractivity contribution in [3.8, 4) is 5.75 Å². The molecule has 206 valence electrons. The first kappa shape index (κ1) is 27.7. The number of sulfonamides is 2. The third kappa shape index (κ3) is 6.30. The number of nitrogens with one attached hydrogen (secondary N) is 2. The molecule has 4 aromatic rings. The van der Waals surface area contributed by atoms with Gasteiger partial charge in [0.2, 0.25) is 10.0 Å². The molecule has 0 radical (unpaired) electrons. The SMILES string of the molecule is O=C(Nc1ccc(S(=O)(=O)Nc2ccc(Br)cc2)cc1)[C@@H]1CN(S(=O)(=O)Cc2ccccc2)c2ccccc2O1. The van der Waals surface area contributed by atoms with Crippen molar-refractivity contribution in [3.63, 3.8) is 0 Å². The molecule has 0 unspecified atom stereocenters. The van der Waals surface area contributed by atoms with E-state index in [1.807, 2.05) is 6.07 Å². The highest BCUT2D eigenvalue weighted by atomic mass is 79.9. The fourth-order valence-electron chi connectivity index (χ4n) is 4.14. The molecule has 9 nitrogen and oxygen atoms in total. The molecule has 2 N–H and O–H groups in total. The number of fused-ring (bicyclic) bond motifs is 1. The van der Waals surface area contributed by atoms with Gasteiger partial charge >= 0.3 is 0 Å². The molecule has 0 bridgehead atoms. The summed E-state index contributed by atoms with van der Waals surface area (Å²) in [6.45, 7) is -0.221. The molecule has 1 aliphatic rings. The Balaban J connectivity index is 1.31. The van der Waals surface area contributed by atoms with Crippen LogP contribution in [0.4, 0.5) is 17.1 Å². The molecule has 0 aliphatic carbocycles. The summed E-state index contributed by atoms with van der Waals surface area (Å²) < 4.78 is 62.7. The summed E-state index contributed by atoms with van der Waals surface area (Å²) in [5.41, 5.74) is 1.71. The molecule has 0 saturated heterocycles. The molecule has 1 atom stereocenters. The van der Waals surface area contributed by atoms with E-state index in [4.69, 9.17) is 4.74 Å². The van der Waals surface area contributed by atoms with E-state index in [0.29, 0.717) is 22.6 Å². The standard InChI is InChI=1S/C28H24BrN3O6S2/c29-21-10-12-23(13-11-21)31-40(36,37)24-16-14-22(15-17-24)30-28(33)27-18-32(25-8-4-5-9-26(25)38-27)39(34,35)19-20-6-2-1-3-7-20/h1-17,27,31H,18-19H2,(H,30,33)/t27-/m0/s1. The first-order valence-electron chi connectivity index (χ1n) is 12.1. The summed E-state index contributed by atoms with van der Waals surface area (Å²) >= 11 is 3.31. The lowest BCUT2D eigenvalue weighted by molar-refractivity contribution is -0.122. The average Bonchev–Trinajstić information content (AvgIpc) is 2.94. The van der Waals surface area contributed by atoms with Crippen LogP contribution in [0.5, 0.6) is 5.75 Å². The zero-order valence-corrected chi connectivity index (χ0v) is 24.1. The van der Waals surface area contributed by atoms with Crippen LogP contribution in [0.25, 0.3) is 0 Å². The summed E-state index contributed by atoms with van der Waals surface area (Å²) in [4.78, 5) is 13.2. The minimum Gasteiger partial charge on any atom is -0.476 e. The maximum atomic E-state index is 13.4. The molecular weight excluding hydrogens is 618 g/mol. The minimum absolute atomic E-state index is 0.00874. The smallest absolute Gasteiger partial charge is 0.267 e. The average molecular weight is 643 g/mol. The summed E-state index contributed by atoms with van der Waals surface area (Å²) in [5, 5.41) is 2.69. The molecule has 12 heteroatoms. The van der Waals surface area contributed by atoms with E-state index in [1.165, 1.54) is 28.6 Å². The number of ether oxygens (including phenoxy) is 1. The van der Waals surface area contributed by atoms with Crippen molar-refractivity contribution in [1.82, 2.24) is 0 Å². The molecule has 0 spiro atoms. The van der Waals surface area contributed by atoms with Crippen molar-refractivity contribution in [3.05, 3.63) is 113 Å². The summed E-state index contributed by atoms with van der Waals surface area (Å²) in [6, 6.07) is 27.8. The topological polar surface area (TPSA) is 122 Å². The van der Waals surface area contributed by atoms with Crippen molar-refractivity contribution in [2.45, 2.75) is 16.8 Å². The van der Waals surface area contributed by atoms with Gasteiger partial charge in [-0.15, -0.1) is 0 Å². The molecule has 0 aromatic heterocycles. The third-order valence-electron chi connectivity index (χ3n) is 6.08. The molecule has 40 heavy (non-hydrogen) atoms. The third-order valence-corrected chi connectivity index (χ3v) is 9.72. The van der Waals surface area contributed by atoms with Crippen LogP contribution in [-0.2, 0) is 30.6 Å². The fourth-order valence-corrected chi connectivity index (χ4v) is 7.04. The van der Waals surface area contributed by atoms with Crippen LogP contribution in [0.15, 0.2) is 112 Å². The van der Waals surface area contributed by atoms with E-state index in [0.717, 1.165) is 4.47 Å². The molecule has 1 heterocycles. The van der Waals surface area contributed by atoms with Crippen LogP contribution in [0.3, 0.4) is 0 Å². The van der Waals surface area contributed by atoms with E-state index < -0.39 is 32.1 Å². The van der Waals surface area contributed by atoms with Crippen LogP contribution in [0.1, 0.15) is 5.56 Å². The monoisotopic (exact) mass is 641 g/mol. The molecular formula is C28H24BrN3O6S2. The number of anilines is 3. The second-order valence-electron chi connectivity index (χ2n) is 8.97. The number of hydrogen-bond donors (Lipinski definition) is 2.